The number of carbonyl (C=O) groups excluding carboxylic acids is 1. The molecule has 0 radical (unpaired) electrons. The van der Waals surface area contributed by atoms with E-state index in [9.17, 15) is 4.79 Å². The van der Waals surface area contributed by atoms with E-state index < -0.39 is 12.3 Å². The maximum atomic E-state index is 12.3. The average Bonchev–Trinajstić information content (AvgIpc) is 2.77. The molecule has 1 aromatic carbocycles. The van der Waals surface area contributed by atoms with Crippen molar-refractivity contribution in [1.29, 1.82) is 0 Å². The molecular formula is C23H28N2O4. The van der Waals surface area contributed by atoms with Gasteiger partial charge in [-0.05, 0) is 62.4 Å². The normalized spacial score (nSPS) is 26.7. The Morgan fingerprint density at radius 3 is 2.97 bits per heavy atom. The van der Waals surface area contributed by atoms with Gasteiger partial charge in [-0.15, -0.1) is 6.58 Å². The first-order valence-electron chi connectivity index (χ1n) is 10.3. The highest BCUT2D eigenvalue weighted by Crippen LogP contribution is 2.43. The Labute approximate surface area is 171 Å². The van der Waals surface area contributed by atoms with Crippen LogP contribution in [0.2, 0.25) is 0 Å². The monoisotopic (exact) mass is 396 g/mol. The lowest BCUT2D eigenvalue weighted by molar-refractivity contribution is -0.0652. The predicted octanol–water partition coefficient (Wildman–Crippen LogP) is 4.35. The second kappa shape index (κ2) is 8.41. The topological polar surface area (TPSA) is 60.9 Å². The van der Waals surface area contributed by atoms with Crippen LogP contribution in [0.1, 0.15) is 31.4 Å². The van der Waals surface area contributed by atoms with Gasteiger partial charge in [-0.3, -0.25) is 9.88 Å². The minimum atomic E-state index is -0.631. The Bertz CT molecular complexity index is 900. The summed E-state index contributed by atoms with van der Waals surface area (Å²) in [4.78, 5) is 19.2. The van der Waals surface area contributed by atoms with Crippen LogP contribution in [0.4, 0.5) is 4.79 Å². The third-order valence-corrected chi connectivity index (χ3v) is 6.28. The highest BCUT2D eigenvalue weighted by molar-refractivity contribution is 5.84. The molecule has 0 saturated carbocycles. The van der Waals surface area contributed by atoms with Crippen molar-refractivity contribution in [3.05, 3.63) is 48.7 Å². The van der Waals surface area contributed by atoms with Crippen LogP contribution in [0.25, 0.3) is 10.9 Å². The third kappa shape index (κ3) is 3.81. The molecule has 154 valence electrons. The van der Waals surface area contributed by atoms with Crippen molar-refractivity contribution in [3.63, 3.8) is 0 Å². The number of hydrogen-bond acceptors (Lipinski definition) is 6. The molecule has 3 aliphatic heterocycles. The van der Waals surface area contributed by atoms with E-state index in [1.165, 1.54) is 0 Å². The van der Waals surface area contributed by atoms with Gasteiger partial charge in [0.15, 0.2) is 0 Å². The summed E-state index contributed by atoms with van der Waals surface area (Å²) < 4.78 is 16.5. The van der Waals surface area contributed by atoms with Crippen LogP contribution in [-0.4, -0.2) is 48.9 Å². The number of ether oxygens (including phenoxy) is 3. The summed E-state index contributed by atoms with van der Waals surface area (Å²) in [6.45, 7) is 8.04. The minimum absolute atomic E-state index is 0.103. The number of nitrogens with zero attached hydrogens (tertiary/aromatic N) is 2. The van der Waals surface area contributed by atoms with Crippen LogP contribution in [-0.2, 0) is 9.47 Å². The first kappa shape index (κ1) is 19.7. The molecule has 2 aromatic rings. The quantitative estimate of drug-likeness (QED) is 0.534. The summed E-state index contributed by atoms with van der Waals surface area (Å²) in [5.74, 6) is 1.81. The zero-order chi connectivity index (χ0) is 20.4. The van der Waals surface area contributed by atoms with Crippen molar-refractivity contribution < 1.29 is 19.0 Å². The van der Waals surface area contributed by atoms with Crippen molar-refractivity contribution >= 4 is 17.1 Å². The molecule has 3 aliphatic rings. The third-order valence-electron chi connectivity index (χ3n) is 6.28. The fourth-order valence-corrected chi connectivity index (χ4v) is 4.82. The van der Waals surface area contributed by atoms with E-state index in [0.29, 0.717) is 11.8 Å². The van der Waals surface area contributed by atoms with E-state index in [1.54, 1.807) is 20.2 Å². The van der Waals surface area contributed by atoms with E-state index in [1.807, 2.05) is 24.3 Å². The van der Waals surface area contributed by atoms with E-state index >= 15 is 0 Å². The summed E-state index contributed by atoms with van der Waals surface area (Å²) in [5.41, 5.74) is 1.79. The van der Waals surface area contributed by atoms with Crippen LogP contribution in [0.5, 0.6) is 5.75 Å². The molecule has 3 saturated heterocycles. The number of fused-ring (bicyclic) bond motifs is 4. The maximum absolute atomic E-state index is 12.3. The lowest BCUT2D eigenvalue weighted by Crippen LogP contribution is -2.55. The Morgan fingerprint density at radius 2 is 2.28 bits per heavy atom. The summed E-state index contributed by atoms with van der Waals surface area (Å²) in [6, 6.07) is 7.83. The highest BCUT2D eigenvalue weighted by atomic mass is 16.7. The van der Waals surface area contributed by atoms with Gasteiger partial charge in [0, 0.05) is 23.7 Å². The molecule has 5 atom stereocenters. The zero-order valence-corrected chi connectivity index (χ0v) is 17.0. The second-order valence-electron chi connectivity index (χ2n) is 7.75. The first-order chi connectivity index (χ1) is 14.1. The second-order valence-corrected chi connectivity index (χ2v) is 7.75. The van der Waals surface area contributed by atoms with Gasteiger partial charge in [-0.1, -0.05) is 6.08 Å². The number of methoxy groups -OCH3 is 1. The van der Waals surface area contributed by atoms with Crippen molar-refractivity contribution in [2.75, 3.05) is 26.8 Å². The fourth-order valence-electron chi connectivity index (χ4n) is 4.82. The molecule has 6 nitrogen and oxygen atoms in total. The van der Waals surface area contributed by atoms with Crippen LogP contribution >= 0.6 is 0 Å². The lowest BCUT2D eigenvalue weighted by atomic mass is 9.73. The molecule has 2 bridgehead atoms. The molecule has 6 heteroatoms. The number of carbonyl (C=O) groups is 1. The molecule has 1 unspecified atom stereocenters. The predicted molar refractivity (Wildman–Crippen MR) is 111 cm³/mol. The molecule has 5 rings (SSSR count). The van der Waals surface area contributed by atoms with Crippen molar-refractivity contribution in [3.8, 4) is 5.75 Å². The zero-order valence-electron chi connectivity index (χ0n) is 17.0. The molecule has 0 spiro atoms. The number of benzene rings is 1. The Hall–Kier alpha value is -2.60. The Balaban J connectivity index is 1.75. The SMILES string of the molecule is C=C[C@H]1CN2CC[C@@H]1C[C@@H]2[C@H](OC(=O)OCC)c1ccnc2ccc(OC)cc12. The van der Waals surface area contributed by atoms with Crippen LogP contribution in [0.15, 0.2) is 43.1 Å². The molecule has 0 N–H and O–H groups in total. The summed E-state index contributed by atoms with van der Waals surface area (Å²) in [5, 5.41) is 0.934. The van der Waals surface area contributed by atoms with Crippen molar-refractivity contribution in [2.45, 2.75) is 31.9 Å². The van der Waals surface area contributed by atoms with Gasteiger partial charge in [-0.2, -0.15) is 0 Å². The van der Waals surface area contributed by atoms with Gasteiger partial charge in [0.1, 0.15) is 11.9 Å². The maximum Gasteiger partial charge on any atom is 0.508 e. The van der Waals surface area contributed by atoms with Gasteiger partial charge in [-0.25, -0.2) is 4.79 Å². The lowest BCUT2D eigenvalue weighted by Gasteiger charge is -2.51. The fraction of sp³-hybridized carbons (Fsp3) is 0.478. The molecule has 0 aliphatic carbocycles. The average molecular weight is 396 g/mol. The highest BCUT2D eigenvalue weighted by Gasteiger charge is 2.44. The summed E-state index contributed by atoms with van der Waals surface area (Å²) in [6.07, 6.45) is 4.91. The van der Waals surface area contributed by atoms with E-state index in [-0.39, 0.29) is 12.6 Å². The molecule has 3 fully saturated rings. The number of piperidine rings is 3. The van der Waals surface area contributed by atoms with Crippen LogP contribution < -0.4 is 4.74 Å². The first-order valence-corrected chi connectivity index (χ1v) is 10.3. The van der Waals surface area contributed by atoms with Crippen molar-refractivity contribution in [1.82, 2.24) is 9.88 Å². The van der Waals surface area contributed by atoms with Crippen molar-refractivity contribution in [2.24, 2.45) is 11.8 Å². The molecule has 0 amide bonds. The van der Waals surface area contributed by atoms with Gasteiger partial charge in [0.05, 0.1) is 25.3 Å². The Kier molecular flexibility index (Phi) is 5.72. The standard InChI is InChI=1S/C23H28N2O4/c1-4-15-14-25-11-9-16(15)12-21(25)22(29-23(26)28-5-2)18-8-10-24-20-7-6-17(27-3)13-19(18)20/h4,6-8,10,13,15-16,21-22H,1,5,9,11-12,14H2,2-3H3/t15-,16+,21+,22+/m0/s1. The number of aromatic nitrogens is 1. The number of rotatable bonds is 6. The summed E-state index contributed by atoms with van der Waals surface area (Å²) >= 11 is 0. The molecule has 4 heterocycles. The number of pyridine rings is 1. The molecular weight excluding hydrogens is 368 g/mol. The smallest absolute Gasteiger partial charge is 0.497 e. The summed E-state index contributed by atoms with van der Waals surface area (Å²) in [7, 11) is 1.64. The Morgan fingerprint density at radius 1 is 1.41 bits per heavy atom. The molecule has 1 aromatic heterocycles. The van der Waals surface area contributed by atoms with E-state index in [2.05, 4.69) is 22.5 Å². The number of hydrogen-bond donors (Lipinski definition) is 0. The van der Waals surface area contributed by atoms with E-state index in [4.69, 9.17) is 14.2 Å². The van der Waals surface area contributed by atoms with Crippen LogP contribution in [0.3, 0.4) is 0 Å². The van der Waals surface area contributed by atoms with Gasteiger partial charge >= 0.3 is 6.16 Å². The van der Waals surface area contributed by atoms with Crippen LogP contribution in [0, 0.1) is 11.8 Å². The molecule has 29 heavy (non-hydrogen) atoms. The van der Waals surface area contributed by atoms with Gasteiger partial charge < -0.3 is 14.2 Å². The minimum Gasteiger partial charge on any atom is -0.497 e. The van der Waals surface area contributed by atoms with E-state index in [0.717, 1.165) is 48.1 Å². The van der Waals surface area contributed by atoms with Gasteiger partial charge in [0.25, 0.3) is 0 Å². The van der Waals surface area contributed by atoms with Gasteiger partial charge in [0.2, 0.25) is 0 Å². The largest absolute Gasteiger partial charge is 0.508 e.